The Hall–Kier alpha value is -3.55. The van der Waals surface area contributed by atoms with E-state index in [0.717, 1.165) is 24.8 Å². The summed E-state index contributed by atoms with van der Waals surface area (Å²) in [7, 11) is 0. The number of aromatic hydroxyl groups is 1. The highest BCUT2D eigenvalue weighted by atomic mass is 16.6. The van der Waals surface area contributed by atoms with Crippen molar-refractivity contribution in [3.63, 3.8) is 0 Å². The van der Waals surface area contributed by atoms with E-state index in [9.17, 15) is 19.5 Å². The maximum atomic E-state index is 14.4. The second-order valence-electron chi connectivity index (χ2n) is 11.5. The molecule has 212 valence electrons. The second kappa shape index (κ2) is 13.0. The van der Waals surface area contributed by atoms with Gasteiger partial charge in [-0.3, -0.25) is 9.59 Å². The van der Waals surface area contributed by atoms with Crippen LogP contribution in [0.4, 0.5) is 4.79 Å². The zero-order valence-corrected chi connectivity index (χ0v) is 24.0. The van der Waals surface area contributed by atoms with Crippen LogP contribution in [0.15, 0.2) is 48.5 Å². The van der Waals surface area contributed by atoms with Crippen LogP contribution in [0, 0.1) is 12.8 Å². The number of rotatable bonds is 10. The van der Waals surface area contributed by atoms with Crippen LogP contribution >= 0.6 is 0 Å². The summed E-state index contributed by atoms with van der Waals surface area (Å²) in [6, 6.07) is 12.6. The number of alkyl carbamates (subject to hydrolysis) is 1. The largest absolute Gasteiger partial charge is 0.507 e. The van der Waals surface area contributed by atoms with Crippen molar-refractivity contribution in [1.82, 2.24) is 15.5 Å². The van der Waals surface area contributed by atoms with E-state index in [2.05, 4.69) is 10.6 Å². The lowest BCUT2D eigenvalue weighted by Crippen LogP contribution is -2.59. The first-order valence-electron chi connectivity index (χ1n) is 13.8. The molecule has 0 aliphatic heterocycles. The molecule has 1 aliphatic carbocycles. The minimum Gasteiger partial charge on any atom is -0.507 e. The van der Waals surface area contributed by atoms with Gasteiger partial charge in [-0.05, 0) is 64.0 Å². The van der Waals surface area contributed by atoms with Gasteiger partial charge >= 0.3 is 6.09 Å². The number of nitrogens with zero attached hydrogens (tertiary/aromatic N) is 1. The summed E-state index contributed by atoms with van der Waals surface area (Å²) in [6.45, 7) is 11.2. The van der Waals surface area contributed by atoms with Gasteiger partial charge in [0.15, 0.2) is 0 Å². The Morgan fingerprint density at radius 3 is 2.31 bits per heavy atom. The molecule has 8 heteroatoms. The van der Waals surface area contributed by atoms with Crippen LogP contribution in [0.3, 0.4) is 0 Å². The lowest BCUT2D eigenvalue weighted by Gasteiger charge is -2.44. The Labute approximate surface area is 232 Å². The molecule has 2 aromatic rings. The number of aryl methyl sites for hydroxylation is 1. The summed E-state index contributed by atoms with van der Waals surface area (Å²) in [5.74, 6) is -0.984. The van der Waals surface area contributed by atoms with Gasteiger partial charge in [0, 0.05) is 18.2 Å². The first-order chi connectivity index (χ1) is 18.4. The average molecular weight is 538 g/mol. The Morgan fingerprint density at radius 2 is 1.74 bits per heavy atom. The van der Waals surface area contributed by atoms with E-state index in [0.29, 0.717) is 17.5 Å². The molecule has 3 N–H and O–H groups in total. The molecule has 3 unspecified atom stereocenters. The fraction of sp³-hybridized carbons (Fsp3) is 0.516. The number of carbonyl (C=O) groups excluding carboxylic acids is 3. The average Bonchev–Trinajstić information content (AvgIpc) is 2.85. The quantitative estimate of drug-likeness (QED) is 0.377. The molecule has 1 saturated carbocycles. The molecule has 0 heterocycles. The number of hydrogen-bond donors (Lipinski definition) is 3. The van der Waals surface area contributed by atoms with Crippen molar-refractivity contribution in [2.24, 2.45) is 5.92 Å². The fourth-order valence-corrected chi connectivity index (χ4v) is 4.66. The monoisotopic (exact) mass is 537 g/mol. The van der Waals surface area contributed by atoms with Gasteiger partial charge in [0.05, 0.1) is 0 Å². The molecule has 1 aliphatic rings. The summed E-state index contributed by atoms with van der Waals surface area (Å²) in [5.41, 5.74) is 1.16. The summed E-state index contributed by atoms with van der Waals surface area (Å²) < 4.78 is 5.47. The van der Waals surface area contributed by atoms with Gasteiger partial charge in [0.25, 0.3) is 0 Å². The maximum Gasteiger partial charge on any atom is 0.408 e. The van der Waals surface area contributed by atoms with Crippen LogP contribution in [0.2, 0.25) is 0 Å². The van der Waals surface area contributed by atoms with Gasteiger partial charge in [-0.25, -0.2) is 4.79 Å². The van der Waals surface area contributed by atoms with E-state index >= 15 is 0 Å². The van der Waals surface area contributed by atoms with Crippen molar-refractivity contribution in [1.29, 1.82) is 0 Å². The molecular weight excluding hydrogens is 494 g/mol. The van der Waals surface area contributed by atoms with Crippen LogP contribution in [0.25, 0.3) is 0 Å². The summed E-state index contributed by atoms with van der Waals surface area (Å²) in [6.07, 6.45) is 2.35. The van der Waals surface area contributed by atoms with Gasteiger partial charge in [-0.2, -0.15) is 0 Å². The third kappa shape index (κ3) is 7.74. The first-order valence-corrected chi connectivity index (χ1v) is 13.8. The van der Waals surface area contributed by atoms with Gasteiger partial charge in [-0.15, -0.1) is 0 Å². The van der Waals surface area contributed by atoms with Gasteiger partial charge in [-0.1, -0.05) is 68.8 Å². The van der Waals surface area contributed by atoms with Gasteiger partial charge in [0.2, 0.25) is 11.8 Å². The number of phenolic OH excluding ortho intramolecular Hbond substituents is 1. The highest BCUT2D eigenvalue weighted by molar-refractivity contribution is 5.93. The highest BCUT2D eigenvalue weighted by Gasteiger charge is 2.44. The van der Waals surface area contributed by atoms with Crippen LogP contribution in [-0.4, -0.2) is 45.6 Å². The summed E-state index contributed by atoms with van der Waals surface area (Å²) >= 11 is 0. The predicted molar refractivity (Wildman–Crippen MR) is 151 cm³/mol. The molecule has 3 atom stereocenters. The molecule has 39 heavy (non-hydrogen) atoms. The van der Waals surface area contributed by atoms with Crippen molar-refractivity contribution < 1.29 is 24.2 Å². The first kappa shape index (κ1) is 30.0. The third-order valence-electron chi connectivity index (χ3n) is 7.27. The van der Waals surface area contributed by atoms with E-state index in [1.165, 1.54) is 0 Å². The minimum atomic E-state index is -1.07. The lowest BCUT2D eigenvalue weighted by molar-refractivity contribution is -0.148. The molecule has 3 rings (SSSR count). The SMILES string of the molecule is CCC(C)C(NC(=O)OC(C)(C)C)C(=O)N(C1CCC1)C(C(=O)NCc1ccccc1)c1cccc(C)c1O. The highest BCUT2D eigenvalue weighted by Crippen LogP contribution is 2.38. The van der Waals surface area contributed by atoms with E-state index in [-0.39, 0.29) is 36.1 Å². The van der Waals surface area contributed by atoms with Crippen molar-refractivity contribution in [3.8, 4) is 5.75 Å². The summed E-state index contributed by atoms with van der Waals surface area (Å²) in [5, 5.41) is 16.8. The maximum absolute atomic E-state index is 14.4. The molecule has 1 fully saturated rings. The number of amides is 3. The van der Waals surface area contributed by atoms with E-state index < -0.39 is 23.8 Å². The topological polar surface area (TPSA) is 108 Å². The molecule has 0 bridgehead atoms. The van der Waals surface area contributed by atoms with Gasteiger partial charge in [0.1, 0.15) is 23.4 Å². The number of benzene rings is 2. The van der Waals surface area contributed by atoms with Crippen LogP contribution in [0.5, 0.6) is 5.75 Å². The number of hydrogen-bond acceptors (Lipinski definition) is 5. The Kier molecular flexibility index (Phi) is 10.0. The number of carbonyl (C=O) groups is 3. The van der Waals surface area contributed by atoms with Crippen molar-refractivity contribution in [2.45, 2.75) is 97.5 Å². The number of ether oxygens (including phenoxy) is 1. The van der Waals surface area contributed by atoms with Crippen molar-refractivity contribution >= 4 is 17.9 Å². The predicted octanol–water partition coefficient (Wildman–Crippen LogP) is 5.38. The minimum absolute atomic E-state index is 0.0188. The van der Waals surface area contributed by atoms with Crippen molar-refractivity contribution in [3.05, 3.63) is 65.2 Å². The molecule has 0 radical (unpaired) electrons. The molecule has 3 amide bonds. The Balaban J connectivity index is 2.02. The molecule has 0 aromatic heterocycles. The number of phenols is 1. The summed E-state index contributed by atoms with van der Waals surface area (Å²) in [4.78, 5) is 42.6. The Bertz CT molecular complexity index is 1140. The molecular formula is C31H43N3O5. The molecule has 8 nitrogen and oxygen atoms in total. The number of nitrogens with one attached hydrogen (secondary N) is 2. The molecule has 0 spiro atoms. The fourth-order valence-electron chi connectivity index (χ4n) is 4.66. The van der Waals surface area contributed by atoms with Crippen LogP contribution in [-0.2, 0) is 20.9 Å². The molecule has 0 saturated heterocycles. The van der Waals surface area contributed by atoms with Crippen LogP contribution < -0.4 is 10.6 Å². The third-order valence-corrected chi connectivity index (χ3v) is 7.27. The number of para-hydroxylation sites is 1. The zero-order chi connectivity index (χ0) is 28.7. The second-order valence-corrected chi connectivity index (χ2v) is 11.5. The molecule has 2 aromatic carbocycles. The smallest absolute Gasteiger partial charge is 0.408 e. The van der Waals surface area contributed by atoms with Crippen LogP contribution in [0.1, 0.15) is 83.0 Å². The normalized spacial score (nSPS) is 15.8. The van der Waals surface area contributed by atoms with E-state index in [4.69, 9.17) is 4.74 Å². The zero-order valence-electron chi connectivity index (χ0n) is 24.0. The van der Waals surface area contributed by atoms with E-state index in [1.54, 1.807) is 50.8 Å². The van der Waals surface area contributed by atoms with E-state index in [1.807, 2.05) is 44.2 Å². The lowest BCUT2D eigenvalue weighted by atomic mass is 9.86. The standard InChI is InChI=1S/C31H43N3O5/c1-7-20(2)25(33-30(38)39-31(4,5)6)29(37)34(23-16-12-17-23)26(24-18-11-13-21(3)27(24)35)28(36)32-19-22-14-9-8-10-15-22/h8-11,13-15,18,20,23,25-26,35H,7,12,16-17,19H2,1-6H3,(H,32,36)(H,33,38). The van der Waals surface area contributed by atoms with Gasteiger partial charge < -0.3 is 25.4 Å². The van der Waals surface area contributed by atoms with Crippen molar-refractivity contribution in [2.75, 3.05) is 0 Å². The Morgan fingerprint density at radius 1 is 1.08 bits per heavy atom.